The third kappa shape index (κ3) is 4.86. The van der Waals surface area contributed by atoms with Gasteiger partial charge in [0.05, 0.1) is 11.8 Å². The summed E-state index contributed by atoms with van der Waals surface area (Å²) in [7, 11) is -3.27. The average Bonchev–Trinajstić information content (AvgIpc) is 2.35. The average molecular weight is 279 g/mol. The van der Waals surface area contributed by atoms with Gasteiger partial charge in [-0.3, -0.25) is 4.79 Å². The van der Waals surface area contributed by atoms with Crippen LogP contribution in [0.15, 0.2) is 24.3 Å². The number of carbonyl (C=O) groups is 1. The summed E-state index contributed by atoms with van der Waals surface area (Å²) in [5.74, 6) is 5.57. The van der Waals surface area contributed by atoms with Crippen LogP contribution in [0.5, 0.6) is 0 Å². The van der Waals surface area contributed by atoms with E-state index in [1.165, 1.54) is 6.92 Å². The van der Waals surface area contributed by atoms with Gasteiger partial charge in [0.15, 0.2) is 5.78 Å². The second-order valence-electron chi connectivity index (χ2n) is 4.35. The molecule has 0 heterocycles. The van der Waals surface area contributed by atoms with Crippen molar-refractivity contribution in [2.75, 3.05) is 6.54 Å². The van der Waals surface area contributed by atoms with Gasteiger partial charge in [-0.05, 0) is 32.9 Å². The second kappa shape index (κ2) is 6.50. The van der Waals surface area contributed by atoms with Gasteiger partial charge in [0.1, 0.15) is 0 Å². The molecule has 1 N–H and O–H groups in total. The molecule has 0 radical (unpaired) electrons. The van der Waals surface area contributed by atoms with E-state index >= 15 is 0 Å². The van der Waals surface area contributed by atoms with E-state index in [9.17, 15) is 13.2 Å². The highest BCUT2D eigenvalue weighted by molar-refractivity contribution is 7.90. The molecular formula is C14H17NO3S. The second-order valence-corrected chi connectivity index (χ2v) is 6.67. The summed E-state index contributed by atoms with van der Waals surface area (Å²) in [5.41, 5.74) is 1.37. The van der Waals surface area contributed by atoms with Gasteiger partial charge in [-0.2, -0.15) is 0 Å². The summed E-state index contributed by atoms with van der Waals surface area (Å²) in [6.07, 6.45) is 0. The van der Waals surface area contributed by atoms with E-state index in [-0.39, 0.29) is 12.3 Å². The molecule has 0 aliphatic rings. The molecule has 0 saturated heterocycles. The van der Waals surface area contributed by atoms with Crippen LogP contribution in [0.25, 0.3) is 0 Å². The van der Waals surface area contributed by atoms with Gasteiger partial charge in [0.25, 0.3) is 0 Å². The predicted octanol–water partition coefficient (Wildman–Crippen LogP) is 1.57. The van der Waals surface area contributed by atoms with Crippen LogP contribution < -0.4 is 4.72 Å². The Hall–Kier alpha value is -1.64. The van der Waals surface area contributed by atoms with Gasteiger partial charge in [-0.15, -0.1) is 0 Å². The molecule has 0 atom stereocenters. The quantitative estimate of drug-likeness (QED) is 0.672. The van der Waals surface area contributed by atoms with Crippen LogP contribution >= 0.6 is 0 Å². The zero-order valence-electron chi connectivity index (χ0n) is 11.2. The van der Waals surface area contributed by atoms with Crippen LogP contribution in [-0.4, -0.2) is 26.0 Å². The number of nitrogens with one attached hydrogen (secondary N) is 1. The van der Waals surface area contributed by atoms with Crippen molar-refractivity contribution in [2.24, 2.45) is 0 Å². The molecule has 0 aliphatic heterocycles. The lowest BCUT2D eigenvalue weighted by atomic mass is 10.1. The van der Waals surface area contributed by atoms with E-state index in [2.05, 4.69) is 16.6 Å². The number of ketones is 1. The largest absolute Gasteiger partial charge is 0.295 e. The van der Waals surface area contributed by atoms with E-state index in [0.29, 0.717) is 5.56 Å². The molecule has 102 valence electrons. The minimum Gasteiger partial charge on any atom is -0.295 e. The molecule has 19 heavy (non-hydrogen) atoms. The first-order chi connectivity index (χ1) is 8.83. The first-order valence-corrected chi connectivity index (χ1v) is 7.46. The summed E-state index contributed by atoms with van der Waals surface area (Å²) >= 11 is 0. The number of hydrogen-bond acceptors (Lipinski definition) is 3. The normalized spacial score (nSPS) is 10.9. The monoisotopic (exact) mass is 279 g/mol. The summed E-state index contributed by atoms with van der Waals surface area (Å²) in [6, 6.07) is 6.87. The number of rotatable bonds is 4. The number of carbonyl (C=O) groups excluding carboxylic acids is 1. The zero-order chi connectivity index (χ0) is 14.5. The van der Waals surface area contributed by atoms with Crippen LogP contribution in [-0.2, 0) is 10.0 Å². The van der Waals surface area contributed by atoms with Crippen molar-refractivity contribution in [3.05, 3.63) is 35.4 Å². The van der Waals surface area contributed by atoms with Gasteiger partial charge in [-0.1, -0.05) is 24.0 Å². The molecule has 5 heteroatoms. The number of Topliss-reactive ketones (excluding diaryl/α,β-unsaturated/α-hetero) is 1. The van der Waals surface area contributed by atoms with E-state index in [0.717, 1.165) is 5.56 Å². The van der Waals surface area contributed by atoms with Crippen molar-refractivity contribution >= 4 is 15.8 Å². The van der Waals surface area contributed by atoms with E-state index in [1.807, 2.05) is 0 Å². The third-order valence-electron chi connectivity index (χ3n) is 2.51. The molecule has 0 aliphatic carbocycles. The molecular weight excluding hydrogens is 262 g/mol. The van der Waals surface area contributed by atoms with Crippen LogP contribution in [0.2, 0.25) is 0 Å². The predicted molar refractivity (Wildman–Crippen MR) is 75.4 cm³/mol. The third-order valence-corrected chi connectivity index (χ3v) is 4.29. The Balaban J connectivity index is 2.62. The number of sulfonamides is 1. The zero-order valence-corrected chi connectivity index (χ0v) is 12.0. The summed E-state index contributed by atoms with van der Waals surface area (Å²) in [5, 5.41) is -0.468. The van der Waals surface area contributed by atoms with E-state index in [1.54, 1.807) is 38.1 Å². The minimum absolute atomic E-state index is 0.00389. The maximum Gasteiger partial charge on any atom is 0.214 e. The Labute approximate surface area is 114 Å². The minimum atomic E-state index is -3.27. The van der Waals surface area contributed by atoms with Gasteiger partial charge >= 0.3 is 0 Å². The molecule has 0 spiro atoms. The summed E-state index contributed by atoms with van der Waals surface area (Å²) < 4.78 is 25.3. The fourth-order valence-corrected chi connectivity index (χ4v) is 1.84. The maximum absolute atomic E-state index is 11.4. The molecule has 0 aromatic heterocycles. The molecule has 0 unspecified atom stereocenters. The smallest absolute Gasteiger partial charge is 0.214 e. The van der Waals surface area contributed by atoms with Gasteiger partial charge in [0, 0.05) is 11.1 Å². The Morgan fingerprint density at radius 3 is 2.32 bits per heavy atom. The maximum atomic E-state index is 11.4. The highest BCUT2D eigenvalue weighted by atomic mass is 32.2. The van der Waals surface area contributed by atoms with Crippen molar-refractivity contribution in [1.82, 2.24) is 4.72 Å². The lowest BCUT2D eigenvalue weighted by Gasteiger charge is -2.05. The Kier molecular flexibility index (Phi) is 5.28. The summed E-state index contributed by atoms with van der Waals surface area (Å²) in [6.45, 7) is 4.79. The van der Waals surface area contributed by atoms with E-state index < -0.39 is 15.3 Å². The number of benzene rings is 1. The lowest BCUT2D eigenvalue weighted by molar-refractivity contribution is 0.101. The van der Waals surface area contributed by atoms with Crippen molar-refractivity contribution in [1.29, 1.82) is 0 Å². The van der Waals surface area contributed by atoms with Crippen LogP contribution in [0, 0.1) is 11.8 Å². The van der Waals surface area contributed by atoms with Crippen LogP contribution in [0.4, 0.5) is 0 Å². The molecule has 4 nitrogen and oxygen atoms in total. The SMILES string of the molecule is CC(=O)c1ccc(C#CCNS(=O)(=O)C(C)C)cc1. The fourth-order valence-electron chi connectivity index (χ4n) is 1.24. The Morgan fingerprint density at radius 2 is 1.84 bits per heavy atom. The molecule has 0 fully saturated rings. The van der Waals surface area contributed by atoms with Crippen molar-refractivity contribution < 1.29 is 13.2 Å². The van der Waals surface area contributed by atoms with Crippen molar-refractivity contribution in [3.8, 4) is 11.8 Å². The molecule has 1 aromatic rings. The standard InChI is InChI=1S/C14H17NO3S/c1-11(2)19(17,18)15-10-4-5-13-6-8-14(9-7-13)12(3)16/h6-9,11,15H,10H2,1-3H3. The first kappa shape index (κ1) is 15.4. The molecule has 1 rings (SSSR count). The van der Waals surface area contributed by atoms with Crippen LogP contribution in [0.3, 0.4) is 0 Å². The molecule has 1 aromatic carbocycles. The molecule has 0 bridgehead atoms. The molecule has 0 saturated carbocycles. The van der Waals surface area contributed by atoms with Gasteiger partial charge in [0.2, 0.25) is 10.0 Å². The van der Waals surface area contributed by atoms with Crippen molar-refractivity contribution in [3.63, 3.8) is 0 Å². The van der Waals surface area contributed by atoms with Crippen molar-refractivity contribution in [2.45, 2.75) is 26.0 Å². The highest BCUT2D eigenvalue weighted by Crippen LogP contribution is 2.03. The first-order valence-electron chi connectivity index (χ1n) is 5.91. The number of hydrogen-bond donors (Lipinski definition) is 1. The Morgan fingerprint density at radius 1 is 1.26 bits per heavy atom. The summed E-state index contributed by atoms with van der Waals surface area (Å²) in [4.78, 5) is 11.1. The van der Waals surface area contributed by atoms with Gasteiger partial charge < -0.3 is 0 Å². The Bertz CT molecular complexity index is 604. The topological polar surface area (TPSA) is 63.2 Å². The van der Waals surface area contributed by atoms with Gasteiger partial charge in [-0.25, -0.2) is 13.1 Å². The van der Waals surface area contributed by atoms with E-state index in [4.69, 9.17) is 0 Å². The van der Waals surface area contributed by atoms with Crippen LogP contribution in [0.1, 0.15) is 36.7 Å². The lowest BCUT2D eigenvalue weighted by Crippen LogP contribution is -2.30. The fraction of sp³-hybridized carbons (Fsp3) is 0.357. The molecule has 0 amide bonds. The highest BCUT2D eigenvalue weighted by Gasteiger charge is 2.13.